The topological polar surface area (TPSA) is 17.1 Å². The smallest absolute Gasteiger partial charge is 0.182 e. The molecule has 52 valence electrons. The first-order valence-corrected chi connectivity index (χ1v) is 4.64. The Kier molecular flexibility index (Phi) is 4.90. The average Bonchev–Trinajstić information content (AvgIpc) is 1.90. The molecule has 0 heterocycles. The Bertz CT molecular complexity index is 127. The molecular weight excluding hydrogens is 159 g/mol. The van der Waals surface area contributed by atoms with Crippen molar-refractivity contribution in [3.63, 3.8) is 0 Å². The van der Waals surface area contributed by atoms with Crippen molar-refractivity contribution < 1.29 is 9.18 Å². The third-order valence-electron chi connectivity index (χ3n) is 0.669. The van der Waals surface area contributed by atoms with Crippen molar-refractivity contribution >= 4 is 29.8 Å². The fourth-order valence-corrected chi connectivity index (χ4v) is 1.48. The van der Waals surface area contributed by atoms with Gasteiger partial charge in [0, 0.05) is 0 Å². The second kappa shape index (κ2) is 4.88. The molecule has 0 aliphatic heterocycles. The molecule has 0 aromatic rings. The Morgan fingerprint density at radius 3 is 2.00 bits per heavy atom. The molecule has 0 unspecified atom stereocenters. The molecule has 0 saturated heterocycles. The molecule has 0 amide bonds. The molecule has 0 spiro atoms. The van der Waals surface area contributed by atoms with Crippen molar-refractivity contribution in [3.05, 3.63) is 10.1 Å². The minimum atomic E-state index is -0.671. The second-order valence-electron chi connectivity index (χ2n) is 1.16. The molecule has 0 N–H and O–H groups in total. The zero-order valence-electron chi connectivity index (χ0n) is 5.18. The first-order valence-electron chi connectivity index (χ1n) is 2.19. The second-order valence-corrected chi connectivity index (χ2v) is 3.05. The summed E-state index contributed by atoms with van der Waals surface area (Å²) in [6.07, 6.45) is 3.69. The van der Waals surface area contributed by atoms with E-state index in [4.69, 9.17) is 0 Å². The molecule has 0 bridgehead atoms. The molecule has 0 rings (SSSR count). The maximum atomic E-state index is 12.3. The Morgan fingerprint density at radius 1 is 1.44 bits per heavy atom. The van der Waals surface area contributed by atoms with E-state index < -0.39 is 5.83 Å². The van der Waals surface area contributed by atoms with Gasteiger partial charge in [0.05, 0.1) is 4.24 Å². The van der Waals surface area contributed by atoms with Crippen LogP contribution < -0.4 is 0 Å². The van der Waals surface area contributed by atoms with Crippen LogP contribution in [0.25, 0.3) is 0 Å². The summed E-state index contributed by atoms with van der Waals surface area (Å²) >= 11 is 2.48. The highest BCUT2D eigenvalue weighted by atomic mass is 32.2. The van der Waals surface area contributed by atoms with E-state index >= 15 is 0 Å². The van der Waals surface area contributed by atoms with Gasteiger partial charge in [-0.05, 0) is 12.5 Å². The Hall–Kier alpha value is 0.0400. The molecule has 4 heteroatoms. The van der Waals surface area contributed by atoms with Crippen LogP contribution in [-0.4, -0.2) is 18.8 Å². The van der Waals surface area contributed by atoms with Gasteiger partial charge in [0.1, 0.15) is 0 Å². The molecule has 0 fully saturated rings. The number of hydrogen-bond acceptors (Lipinski definition) is 3. The number of rotatable bonds is 3. The SMILES string of the molecule is CSC(SC)=C(F)C=O. The van der Waals surface area contributed by atoms with E-state index in [0.717, 1.165) is 0 Å². The van der Waals surface area contributed by atoms with E-state index in [1.165, 1.54) is 23.5 Å². The zero-order valence-corrected chi connectivity index (χ0v) is 6.81. The van der Waals surface area contributed by atoms with Gasteiger partial charge in [0.15, 0.2) is 12.1 Å². The molecule has 0 saturated carbocycles. The number of aldehydes is 1. The van der Waals surface area contributed by atoms with E-state index in [-0.39, 0.29) is 6.29 Å². The van der Waals surface area contributed by atoms with Crippen molar-refractivity contribution in [3.8, 4) is 0 Å². The summed E-state index contributed by atoms with van der Waals surface area (Å²) < 4.78 is 12.7. The molecule has 0 aromatic carbocycles. The number of halogens is 1. The molecule has 0 aromatic heterocycles. The number of carbonyl (C=O) groups excluding carboxylic acids is 1. The van der Waals surface area contributed by atoms with Crippen LogP contribution in [0.3, 0.4) is 0 Å². The van der Waals surface area contributed by atoms with Crippen molar-refractivity contribution in [2.45, 2.75) is 0 Å². The largest absolute Gasteiger partial charge is 0.295 e. The predicted molar refractivity (Wildman–Crippen MR) is 41.2 cm³/mol. The highest BCUT2D eigenvalue weighted by molar-refractivity contribution is 8.21. The van der Waals surface area contributed by atoms with Crippen LogP contribution in [0.15, 0.2) is 10.1 Å². The first-order chi connectivity index (χ1) is 4.26. The van der Waals surface area contributed by atoms with E-state index in [9.17, 15) is 9.18 Å². The first kappa shape index (κ1) is 9.04. The van der Waals surface area contributed by atoms with Crippen molar-refractivity contribution in [1.82, 2.24) is 0 Å². The lowest BCUT2D eigenvalue weighted by Crippen LogP contribution is -1.77. The van der Waals surface area contributed by atoms with Gasteiger partial charge >= 0.3 is 0 Å². The van der Waals surface area contributed by atoms with E-state index in [1.54, 1.807) is 12.5 Å². The summed E-state index contributed by atoms with van der Waals surface area (Å²) in [7, 11) is 0. The average molecular weight is 166 g/mol. The van der Waals surface area contributed by atoms with Crippen LogP contribution >= 0.6 is 23.5 Å². The Balaban J connectivity index is 4.17. The lowest BCUT2D eigenvalue weighted by molar-refractivity contribution is -0.106. The van der Waals surface area contributed by atoms with E-state index in [2.05, 4.69) is 0 Å². The summed E-state index contributed by atoms with van der Waals surface area (Å²) in [6.45, 7) is 0. The molecular formula is C5H7FOS2. The third kappa shape index (κ3) is 2.91. The quantitative estimate of drug-likeness (QED) is 0.472. The number of thioether (sulfide) groups is 2. The van der Waals surface area contributed by atoms with E-state index in [0.29, 0.717) is 4.24 Å². The minimum absolute atomic E-state index is 0.225. The molecule has 9 heavy (non-hydrogen) atoms. The highest BCUT2D eigenvalue weighted by Gasteiger charge is 2.00. The van der Waals surface area contributed by atoms with Crippen LogP contribution in [0.1, 0.15) is 0 Å². The molecule has 0 atom stereocenters. The van der Waals surface area contributed by atoms with Gasteiger partial charge in [-0.15, -0.1) is 23.5 Å². The predicted octanol–water partition coefficient (Wildman–Crippen LogP) is 2.05. The molecule has 0 aliphatic carbocycles. The summed E-state index contributed by atoms with van der Waals surface area (Å²) in [6, 6.07) is 0. The van der Waals surface area contributed by atoms with Gasteiger partial charge in [-0.3, -0.25) is 4.79 Å². The fraction of sp³-hybridized carbons (Fsp3) is 0.400. The minimum Gasteiger partial charge on any atom is -0.295 e. The summed E-state index contributed by atoms with van der Waals surface area (Å²) in [4.78, 5) is 9.80. The van der Waals surface area contributed by atoms with Gasteiger partial charge in [-0.2, -0.15) is 0 Å². The van der Waals surface area contributed by atoms with Crippen molar-refractivity contribution in [1.29, 1.82) is 0 Å². The number of hydrogen-bond donors (Lipinski definition) is 0. The van der Waals surface area contributed by atoms with Crippen LogP contribution in [-0.2, 0) is 4.79 Å². The zero-order chi connectivity index (χ0) is 7.28. The Labute approximate surface area is 62.1 Å². The van der Waals surface area contributed by atoms with Gasteiger partial charge in [-0.25, -0.2) is 4.39 Å². The standard InChI is InChI=1S/C5H7FOS2/c1-8-5(9-2)4(6)3-7/h3H,1-2H3. The summed E-state index contributed by atoms with van der Waals surface area (Å²) in [5.74, 6) is -0.671. The van der Waals surface area contributed by atoms with Crippen LogP contribution in [0, 0.1) is 0 Å². The molecule has 1 nitrogen and oxygen atoms in total. The van der Waals surface area contributed by atoms with Gasteiger partial charge < -0.3 is 0 Å². The van der Waals surface area contributed by atoms with Gasteiger partial charge in [0.25, 0.3) is 0 Å². The fourth-order valence-electron chi connectivity index (χ4n) is 0.326. The summed E-state index contributed by atoms with van der Waals surface area (Å²) in [5.41, 5.74) is 0. The lowest BCUT2D eigenvalue weighted by atomic mass is 10.7. The summed E-state index contributed by atoms with van der Waals surface area (Å²) in [5, 5.41) is 0. The lowest BCUT2D eigenvalue weighted by Gasteiger charge is -1.94. The van der Waals surface area contributed by atoms with Gasteiger partial charge in [0.2, 0.25) is 0 Å². The molecule has 0 aliphatic rings. The third-order valence-corrected chi connectivity index (χ3v) is 2.80. The number of carbonyl (C=O) groups is 1. The maximum absolute atomic E-state index is 12.3. The van der Waals surface area contributed by atoms with Crippen molar-refractivity contribution in [2.24, 2.45) is 0 Å². The van der Waals surface area contributed by atoms with Crippen LogP contribution in [0.2, 0.25) is 0 Å². The van der Waals surface area contributed by atoms with Crippen molar-refractivity contribution in [2.75, 3.05) is 12.5 Å². The maximum Gasteiger partial charge on any atom is 0.182 e. The monoisotopic (exact) mass is 166 g/mol. The Morgan fingerprint density at radius 2 is 1.89 bits per heavy atom. The van der Waals surface area contributed by atoms with Gasteiger partial charge in [-0.1, -0.05) is 0 Å². The normalized spacial score (nSPS) is 8.78. The number of allylic oxidation sites excluding steroid dienone is 1. The highest BCUT2D eigenvalue weighted by Crippen LogP contribution is 2.26. The van der Waals surface area contributed by atoms with Crippen LogP contribution in [0.5, 0.6) is 0 Å². The van der Waals surface area contributed by atoms with E-state index in [1.807, 2.05) is 0 Å². The molecule has 0 radical (unpaired) electrons. The van der Waals surface area contributed by atoms with Crippen LogP contribution in [0.4, 0.5) is 4.39 Å².